The van der Waals surface area contributed by atoms with Crippen LogP contribution in [0.1, 0.15) is 20.9 Å². The Morgan fingerprint density at radius 1 is 1.31 bits per heavy atom. The first-order chi connectivity index (χ1) is 13.9. The number of carbonyl (C=O) groups excluding carboxylic acids is 2. The number of carbonyl (C=O) groups is 2. The van der Waals surface area contributed by atoms with Gasteiger partial charge in [-0.15, -0.1) is 22.7 Å². The highest BCUT2D eigenvalue weighted by molar-refractivity contribution is 8.01. The predicted molar refractivity (Wildman–Crippen MR) is 111 cm³/mol. The Bertz CT molecular complexity index is 1030. The van der Waals surface area contributed by atoms with Crippen molar-refractivity contribution in [2.75, 3.05) is 6.61 Å². The normalized spacial score (nSPS) is 10.5. The monoisotopic (exact) mass is 449 g/mol. The molecule has 2 aromatic heterocycles. The van der Waals surface area contributed by atoms with Crippen molar-refractivity contribution in [3.63, 3.8) is 0 Å². The lowest BCUT2D eigenvalue weighted by Crippen LogP contribution is -2.28. The number of thiophene rings is 1. The SMILES string of the molecule is Cc1csc(Sc2ccc(C(=O)OCC(=O)NCc3cccs3)cc2[N+](=O)[O-])n1. The largest absolute Gasteiger partial charge is 0.452 e. The lowest BCUT2D eigenvalue weighted by molar-refractivity contribution is -0.387. The third-order valence-electron chi connectivity index (χ3n) is 3.56. The Hall–Kier alpha value is -2.76. The smallest absolute Gasteiger partial charge is 0.338 e. The molecule has 1 N–H and O–H groups in total. The van der Waals surface area contributed by atoms with Gasteiger partial charge in [-0.3, -0.25) is 14.9 Å². The number of nitro groups is 1. The molecule has 0 saturated carbocycles. The van der Waals surface area contributed by atoms with E-state index in [2.05, 4.69) is 10.3 Å². The number of hydrogen-bond acceptors (Lipinski definition) is 9. The molecular weight excluding hydrogens is 434 g/mol. The number of nitrogens with one attached hydrogen (secondary N) is 1. The van der Waals surface area contributed by atoms with Crippen LogP contribution in [0.3, 0.4) is 0 Å². The molecule has 0 atom stereocenters. The summed E-state index contributed by atoms with van der Waals surface area (Å²) in [6.45, 7) is 1.72. The summed E-state index contributed by atoms with van der Waals surface area (Å²) in [6, 6.07) is 7.81. The van der Waals surface area contributed by atoms with E-state index >= 15 is 0 Å². The van der Waals surface area contributed by atoms with Crippen LogP contribution in [0, 0.1) is 17.0 Å². The van der Waals surface area contributed by atoms with Crippen LogP contribution in [0.25, 0.3) is 0 Å². The van der Waals surface area contributed by atoms with Gasteiger partial charge in [0.15, 0.2) is 10.9 Å². The molecule has 150 valence electrons. The van der Waals surface area contributed by atoms with Crippen LogP contribution in [0.2, 0.25) is 0 Å². The number of nitro benzene ring substituents is 1. The van der Waals surface area contributed by atoms with Crippen molar-refractivity contribution in [3.05, 3.63) is 67.3 Å². The van der Waals surface area contributed by atoms with Crippen LogP contribution in [-0.4, -0.2) is 28.4 Å². The van der Waals surface area contributed by atoms with E-state index in [0.29, 0.717) is 15.8 Å². The molecular formula is C18H15N3O5S3. The fraction of sp³-hybridized carbons (Fsp3) is 0.167. The summed E-state index contributed by atoms with van der Waals surface area (Å²) in [6.07, 6.45) is 0. The standard InChI is InChI=1S/C18H15N3O5S3/c1-11-10-28-18(20-11)29-15-5-4-12(7-14(15)21(24)25)17(23)26-9-16(22)19-8-13-3-2-6-27-13/h2-7,10H,8-9H2,1H3,(H,19,22). The molecule has 0 bridgehead atoms. The maximum Gasteiger partial charge on any atom is 0.338 e. The van der Waals surface area contributed by atoms with E-state index in [9.17, 15) is 19.7 Å². The highest BCUT2D eigenvalue weighted by atomic mass is 32.2. The molecule has 1 amide bonds. The van der Waals surface area contributed by atoms with Gasteiger partial charge in [0.1, 0.15) is 0 Å². The number of hydrogen-bond donors (Lipinski definition) is 1. The zero-order valence-electron chi connectivity index (χ0n) is 15.1. The van der Waals surface area contributed by atoms with Crippen molar-refractivity contribution in [3.8, 4) is 0 Å². The predicted octanol–water partition coefficient (Wildman–Crippen LogP) is 4.05. The third kappa shape index (κ3) is 5.86. The minimum Gasteiger partial charge on any atom is -0.452 e. The molecule has 1 aromatic carbocycles. The van der Waals surface area contributed by atoms with Crippen molar-refractivity contribution in [2.24, 2.45) is 0 Å². The highest BCUT2D eigenvalue weighted by Gasteiger charge is 2.20. The molecule has 0 fully saturated rings. The van der Waals surface area contributed by atoms with E-state index in [1.807, 2.05) is 29.8 Å². The number of esters is 1. The Labute approximate surface area is 178 Å². The van der Waals surface area contributed by atoms with Gasteiger partial charge in [-0.1, -0.05) is 17.8 Å². The first-order valence-electron chi connectivity index (χ1n) is 8.27. The summed E-state index contributed by atoms with van der Waals surface area (Å²) in [4.78, 5) is 40.5. The van der Waals surface area contributed by atoms with Gasteiger partial charge in [0.05, 0.1) is 21.9 Å². The fourth-order valence-electron chi connectivity index (χ4n) is 2.21. The first-order valence-corrected chi connectivity index (χ1v) is 10.8. The number of aromatic nitrogens is 1. The van der Waals surface area contributed by atoms with E-state index in [1.165, 1.54) is 34.8 Å². The topological polar surface area (TPSA) is 111 Å². The molecule has 0 radical (unpaired) electrons. The number of nitrogens with zero attached hydrogens (tertiary/aromatic N) is 2. The fourth-order valence-corrected chi connectivity index (χ4v) is 4.73. The quantitative estimate of drug-likeness (QED) is 0.314. The molecule has 0 spiro atoms. The Balaban J connectivity index is 1.61. The summed E-state index contributed by atoms with van der Waals surface area (Å²) in [5, 5.41) is 17.8. The molecule has 11 heteroatoms. The number of aryl methyl sites for hydroxylation is 1. The van der Waals surface area contributed by atoms with E-state index in [-0.39, 0.29) is 11.3 Å². The number of amides is 1. The van der Waals surface area contributed by atoms with Crippen molar-refractivity contribution in [2.45, 2.75) is 22.7 Å². The lowest BCUT2D eigenvalue weighted by atomic mass is 10.2. The van der Waals surface area contributed by atoms with Crippen LogP contribution in [0.4, 0.5) is 5.69 Å². The second kappa shape index (κ2) is 9.63. The molecule has 0 saturated heterocycles. The van der Waals surface area contributed by atoms with E-state index < -0.39 is 23.4 Å². The van der Waals surface area contributed by atoms with Crippen molar-refractivity contribution < 1.29 is 19.2 Å². The van der Waals surface area contributed by atoms with Gasteiger partial charge in [0, 0.05) is 22.0 Å². The van der Waals surface area contributed by atoms with Crippen molar-refractivity contribution in [1.29, 1.82) is 0 Å². The van der Waals surface area contributed by atoms with E-state index in [4.69, 9.17) is 4.74 Å². The summed E-state index contributed by atoms with van der Waals surface area (Å²) >= 11 is 4.04. The maximum atomic E-state index is 12.2. The second-order valence-electron chi connectivity index (χ2n) is 5.73. The summed E-state index contributed by atoms with van der Waals surface area (Å²) < 4.78 is 5.64. The van der Waals surface area contributed by atoms with Gasteiger partial charge < -0.3 is 10.1 Å². The van der Waals surface area contributed by atoms with Crippen molar-refractivity contribution >= 4 is 52.0 Å². The summed E-state index contributed by atoms with van der Waals surface area (Å²) in [7, 11) is 0. The average molecular weight is 450 g/mol. The minimum absolute atomic E-state index is 0.00225. The molecule has 8 nitrogen and oxygen atoms in total. The van der Waals surface area contributed by atoms with Crippen LogP contribution in [0.5, 0.6) is 0 Å². The zero-order chi connectivity index (χ0) is 20.8. The molecule has 3 rings (SSSR count). The minimum atomic E-state index is -0.805. The molecule has 3 aromatic rings. The van der Waals surface area contributed by atoms with Crippen LogP contribution in [-0.2, 0) is 16.1 Å². The zero-order valence-corrected chi connectivity index (χ0v) is 17.6. The summed E-state index contributed by atoms with van der Waals surface area (Å²) in [5.74, 6) is -1.26. The molecule has 2 heterocycles. The molecule has 0 aliphatic rings. The summed E-state index contributed by atoms with van der Waals surface area (Å²) in [5.41, 5.74) is 0.611. The number of rotatable bonds is 8. The third-order valence-corrected chi connectivity index (χ3v) is 6.56. The van der Waals surface area contributed by atoms with Crippen molar-refractivity contribution in [1.82, 2.24) is 10.3 Å². The Kier molecular flexibility index (Phi) is 6.96. The number of benzene rings is 1. The van der Waals surface area contributed by atoms with E-state index in [1.54, 1.807) is 0 Å². The second-order valence-corrected chi connectivity index (χ2v) is 8.91. The van der Waals surface area contributed by atoms with Crippen LogP contribution >= 0.6 is 34.4 Å². The van der Waals surface area contributed by atoms with Gasteiger partial charge in [0.2, 0.25) is 0 Å². The van der Waals surface area contributed by atoms with Crippen LogP contribution < -0.4 is 5.32 Å². The number of ether oxygens (including phenoxy) is 1. The molecule has 0 unspecified atom stereocenters. The molecule has 29 heavy (non-hydrogen) atoms. The number of thiazole rings is 1. The molecule has 0 aliphatic carbocycles. The van der Waals surface area contributed by atoms with Gasteiger partial charge in [-0.05, 0) is 30.5 Å². The van der Waals surface area contributed by atoms with Gasteiger partial charge >= 0.3 is 5.97 Å². The van der Waals surface area contributed by atoms with Gasteiger partial charge in [-0.2, -0.15) is 0 Å². The lowest BCUT2D eigenvalue weighted by Gasteiger charge is -2.07. The maximum absolute atomic E-state index is 12.2. The van der Waals surface area contributed by atoms with Gasteiger partial charge in [0.25, 0.3) is 11.6 Å². The average Bonchev–Trinajstić information content (AvgIpc) is 3.36. The van der Waals surface area contributed by atoms with Crippen LogP contribution in [0.15, 0.2) is 50.3 Å². The van der Waals surface area contributed by atoms with Gasteiger partial charge in [-0.25, -0.2) is 9.78 Å². The Morgan fingerprint density at radius 2 is 2.14 bits per heavy atom. The van der Waals surface area contributed by atoms with E-state index in [0.717, 1.165) is 28.4 Å². The Morgan fingerprint density at radius 3 is 2.79 bits per heavy atom. The molecule has 0 aliphatic heterocycles. The highest BCUT2D eigenvalue weighted by Crippen LogP contribution is 2.36. The first kappa shape index (κ1) is 21.0.